The van der Waals surface area contributed by atoms with Gasteiger partial charge < -0.3 is 4.13 Å². The van der Waals surface area contributed by atoms with E-state index >= 15 is 0 Å². The van der Waals surface area contributed by atoms with Gasteiger partial charge in [0.25, 0.3) is 0 Å². The maximum atomic E-state index is 11.1. The number of hydrogen-bond donors (Lipinski definition) is 0. The Hall–Kier alpha value is -1.07. The molecule has 0 aliphatic rings. The Bertz CT molecular complexity index is 646. The average Bonchev–Trinajstić information content (AvgIpc) is 2.84. The molecule has 0 aliphatic carbocycles. The molecule has 11 heteroatoms. The zero-order valence-electron chi connectivity index (χ0n) is 14.6. The van der Waals surface area contributed by atoms with Crippen molar-refractivity contribution in [3.8, 4) is 0 Å². The van der Waals surface area contributed by atoms with Gasteiger partial charge in [0.2, 0.25) is 27.1 Å². The minimum Gasteiger partial charge on any atom is -0.379 e. The largest absolute Gasteiger partial charge is 0.379 e. The number of hydrogen-bond acceptors (Lipinski definition) is 4. The Balaban J connectivity index is 0.000000547. The summed E-state index contributed by atoms with van der Waals surface area (Å²) in [5.41, 5.74) is 0. The van der Waals surface area contributed by atoms with E-state index in [1.807, 2.05) is 0 Å². The van der Waals surface area contributed by atoms with E-state index in [0.29, 0.717) is 0 Å². The van der Waals surface area contributed by atoms with Crippen molar-refractivity contribution in [3.05, 3.63) is 22.8 Å². The Morgan fingerprint density at radius 2 is 1.40 bits per heavy atom. The van der Waals surface area contributed by atoms with E-state index in [4.69, 9.17) is 0 Å². The molecule has 0 spiro atoms. The summed E-state index contributed by atoms with van der Waals surface area (Å²) in [6.45, 7) is 3.45. The molecule has 7 nitrogen and oxygen atoms in total. The molecule has 1 rings (SSSR count). The maximum absolute atomic E-state index is 11.1. The van der Waals surface area contributed by atoms with Gasteiger partial charge >= 0.3 is 0 Å². The van der Waals surface area contributed by atoms with Gasteiger partial charge in [-0.1, -0.05) is 45.4 Å². The Kier molecular flexibility index (Phi) is 11.8. The van der Waals surface area contributed by atoms with Crippen LogP contribution in [0.25, 0.3) is 4.13 Å². The molecule has 0 aromatic carbocycles. The van der Waals surface area contributed by atoms with Crippen LogP contribution >= 0.6 is 0 Å². The van der Waals surface area contributed by atoms with E-state index in [1.54, 1.807) is 0 Å². The molecule has 1 aromatic heterocycles. The molecular weight excluding hydrogens is 376 g/mol. The predicted molar refractivity (Wildman–Crippen MR) is 91.6 cm³/mol. The first-order valence-electron chi connectivity index (χ1n) is 8.18. The summed E-state index contributed by atoms with van der Waals surface area (Å²) in [6, 6.07) is 0. The Morgan fingerprint density at radius 3 is 1.76 bits per heavy atom. The van der Waals surface area contributed by atoms with Crippen molar-refractivity contribution in [2.75, 3.05) is 0 Å². The molecule has 0 unspecified atom stereocenters. The first kappa shape index (κ1) is 23.9. The topological polar surface area (TPSA) is 91.2 Å². The number of halogens is 2. The fourth-order valence-electron chi connectivity index (χ4n) is 2.17. The standard InChI is InChI=1S/C14H27N2.F2NO4S2/c1-3-4-5-6-7-8-9-10-11-16-13-12-15(2)14-16;1-8(4,5)3-9(2,6)7/h12-14H,3-11H2,1-2H3;/q+1;-1. The molecule has 25 heavy (non-hydrogen) atoms. The highest BCUT2D eigenvalue weighted by molar-refractivity contribution is 8.07. The predicted octanol–water partition coefficient (Wildman–Crippen LogP) is 3.24. The van der Waals surface area contributed by atoms with Crippen molar-refractivity contribution in [1.29, 1.82) is 0 Å². The quantitative estimate of drug-likeness (QED) is 0.322. The monoisotopic (exact) mass is 403 g/mol. The van der Waals surface area contributed by atoms with Gasteiger partial charge in [-0.15, -0.1) is 7.77 Å². The van der Waals surface area contributed by atoms with E-state index in [-0.39, 0.29) is 0 Å². The first-order valence-corrected chi connectivity index (χ1v) is 10.9. The summed E-state index contributed by atoms with van der Waals surface area (Å²) in [6.07, 6.45) is 17.6. The number of rotatable bonds is 11. The van der Waals surface area contributed by atoms with Crippen LogP contribution in [-0.2, 0) is 34.4 Å². The summed E-state index contributed by atoms with van der Waals surface area (Å²) in [7, 11) is -9.17. The van der Waals surface area contributed by atoms with Crippen LogP contribution in [0.5, 0.6) is 0 Å². The number of imidazole rings is 1. The minimum absolute atomic E-state index is 1.15. The van der Waals surface area contributed by atoms with Crippen LogP contribution in [0.2, 0.25) is 0 Å². The van der Waals surface area contributed by atoms with Crippen molar-refractivity contribution >= 4 is 20.8 Å². The Morgan fingerprint density at radius 1 is 0.920 bits per heavy atom. The van der Waals surface area contributed by atoms with Crippen molar-refractivity contribution in [2.24, 2.45) is 7.05 Å². The van der Waals surface area contributed by atoms with Gasteiger partial charge in [-0.25, -0.2) is 26.0 Å². The summed E-state index contributed by atoms with van der Waals surface area (Å²) >= 11 is 0. The SMILES string of the molecule is CCCCCCCCCCn1cc[n+](C)c1.O=S(=O)(F)[N-]S(=O)(=O)F. The molecule has 0 N–H and O–H groups in total. The van der Waals surface area contributed by atoms with Gasteiger partial charge in [-0.3, -0.25) is 0 Å². The van der Waals surface area contributed by atoms with Crippen molar-refractivity contribution in [2.45, 2.75) is 64.8 Å². The zero-order valence-corrected chi connectivity index (χ0v) is 16.3. The van der Waals surface area contributed by atoms with Gasteiger partial charge in [-0.05, 0) is 12.8 Å². The molecule has 0 atom stereocenters. The van der Waals surface area contributed by atoms with Gasteiger partial charge in [0, 0.05) is 0 Å². The van der Waals surface area contributed by atoms with Crippen molar-refractivity contribution < 1.29 is 29.2 Å². The van der Waals surface area contributed by atoms with Crippen LogP contribution in [-0.4, -0.2) is 21.4 Å². The Labute approximate surface area is 149 Å². The summed E-state index contributed by atoms with van der Waals surface area (Å²) < 4.78 is 64.4. The van der Waals surface area contributed by atoms with E-state index in [2.05, 4.69) is 41.8 Å². The lowest BCUT2D eigenvalue weighted by molar-refractivity contribution is -0.671. The number of aryl methyl sites for hydroxylation is 2. The third-order valence-electron chi connectivity index (χ3n) is 3.27. The summed E-state index contributed by atoms with van der Waals surface area (Å²) in [5, 5.41) is 0. The second kappa shape index (κ2) is 12.3. The van der Waals surface area contributed by atoms with Crippen molar-refractivity contribution in [1.82, 2.24) is 4.57 Å². The molecule has 0 radical (unpaired) electrons. The highest BCUT2D eigenvalue weighted by Gasteiger charge is 2.01. The molecule has 0 fully saturated rings. The average molecular weight is 404 g/mol. The molecule has 0 amide bonds. The second-order valence-electron chi connectivity index (χ2n) is 5.69. The van der Waals surface area contributed by atoms with Crippen LogP contribution in [0.3, 0.4) is 0 Å². The number of nitrogens with zero attached hydrogens (tertiary/aromatic N) is 3. The first-order chi connectivity index (χ1) is 11.5. The maximum Gasteiger partial charge on any atom is 0.243 e. The third kappa shape index (κ3) is 17.5. The lowest BCUT2D eigenvalue weighted by atomic mass is 10.1. The molecule has 0 saturated heterocycles. The van der Waals surface area contributed by atoms with Crippen LogP contribution < -0.4 is 4.57 Å². The molecule has 0 aliphatic heterocycles. The van der Waals surface area contributed by atoms with E-state index in [1.165, 1.54) is 57.9 Å². The third-order valence-corrected chi connectivity index (χ3v) is 4.70. The normalized spacial score (nSPS) is 11.8. The van der Waals surface area contributed by atoms with E-state index < -0.39 is 20.8 Å². The fourth-order valence-corrected chi connectivity index (χ4v) is 3.02. The van der Waals surface area contributed by atoms with Gasteiger partial charge in [0.15, 0.2) is 0 Å². The van der Waals surface area contributed by atoms with Crippen LogP contribution in [0.1, 0.15) is 58.3 Å². The highest BCUT2D eigenvalue weighted by atomic mass is 32.3. The minimum atomic E-state index is -5.62. The number of unbranched alkanes of at least 4 members (excludes halogenated alkanes) is 7. The molecule has 1 aromatic rings. The van der Waals surface area contributed by atoms with Gasteiger partial charge in [-0.2, -0.15) is 0 Å². The second-order valence-corrected chi connectivity index (χ2v) is 7.94. The van der Waals surface area contributed by atoms with E-state index in [9.17, 15) is 24.6 Å². The molecule has 148 valence electrons. The lowest BCUT2D eigenvalue weighted by Crippen LogP contribution is -2.23. The molecule has 0 bridgehead atoms. The lowest BCUT2D eigenvalue weighted by Gasteiger charge is -2.03. The zero-order chi connectivity index (χ0) is 19.3. The highest BCUT2D eigenvalue weighted by Crippen LogP contribution is 2.11. The number of aromatic nitrogens is 2. The summed E-state index contributed by atoms with van der Waals surface area (Å²) in [4.78, 5) is 0. The van der Waals surface area contributed by atoms with Crippen LogP contribution in [0, 0.1) is 0 Å². The fraction of sp³-hybridized carbons (Fsp3) is 0.786. The molecule has 0 saturated carbocycles. The van der Waals surface area contributed by atoms with Crippen molar-refractivity contribution in [3.63, 3.8) is 0 Å². The summed E-state index contributed by atoms with van der Waals surface area (Å²) in [5.74, 6) is 0. The molecule has 1 heterocycles. The smallest absolute Gasteiger partial charge is 0.243 e. The van der Waals surface area contributed by atoms with E-state index in [0.717, 1.165) is 4.13 Å². The molecular formula is C14H27F2N3O4S2. The van der Waals surface area contributed by atoms with Gasteiger partial charge in [0.1, 0.15) is 12.4 Å². The van der Waals surface area contributed by atoms with Crippen LogP contribution in [0.15, 0.2) is 18.7 Å². The van der Waals surface area contributed by atoms with Gasteiger partial charge in [0.05, 0.1) is 13.6 Å². The van der Waals surface area contributed by atoms with Crippen LogP contribution in [0.4, 0.5) is 7.77 Å².